The summed E-state index contributed by atoms with van der Waals surface area (Å²) in [5, 5.41) is 11.8. The first-order chi connectivity index (χ1) is 19.0. The third kappa shape index (κ3) is 5.88. The molecule has 0 aliphatic heterocycles. The maximum atomic E-state index is 13.9. The zero-order valence-corrected chi connectivity index (χ0v) is 23.5. The molecule has 3 aromatic heterocycles. The number of fused-ring (bicyclic) bond motifs is 1. The summed E-state index contributed by atoms with van der Waals surface area (Å²) in [7, 11) is 0. The van der Waals surface area contributed by atoms with Crippen LogP contribution >= 0.6 is 34.2 Å². The zero-order chi connectivity index (χ0) is 28.6. The maximum Gasteiger partial charge on any atom is 0.417 e. The van der Waals surface area contributed by atoms with Gasteiger partial charge in [-0.3, -0.25) is 10.1 Å². The van der Waals surface area contributed by atoms with Gasteiger partial charge in [-0.25, -0.2) is 4.79 Å². The smallest absolute Gasteiger partial charge is 0.417 e. The van der Waals surface area contributed by atoms with Crippen molar-refractivity contribution in [3.8, 4) is 20.2 Å². The average molecular weight is 603 g/mol. The van der Waals surface area contributed by atoms with Crippen LogP contribution in [0.1, 0.15) is 35.4 Å². The summed E-state index contributed by atoms with van der Waals surface area (Å²) in [6, 6.07) is 16.6. The molecule has 206 valence electrons. The number of amides is 1. The summed E-state index contributed by atoms with van der Waals surface area (Å²) in [6.07, 6.45) is -6.20. The molecule has 0 aliphatic rings. The number of aryl methyl sites for hydroxylation is 1. The van der Waals surface area contributed by atoms with E-state index in [1.807, 2.05) is 36.4 Å². The van der Waals surface area contributed by atoms with Crippen molar-refractivity contribution in [2.75, 3.05) is 5.32 Å². The van der Waals surface area contributed by atoms with Crippen LogP contribution in [0.3, 0.4) is 0 Å². The fraction of sp³-hybridized carbons (Fsp3) is 0.179. The minimum Gasteiger partial charge on any atom is -0.481 e. The molecule has 0 fully saturated rings. The minimum atomic E-state index is -4.64. The Hall–Kier alpha value is -3.74. The van der Waals surface area contributed by atoms with Gasteiger partial charge in [0, 0.05) is 19.8 Å². The zero-order valence-electron chi connectivity index (χ0n) is 21.0. The molecule has 6 nitrogen and oxygen atoms in total. The number of hydrogen-bond acceptors (Lipinski definition) is 7. The van der Waals surface area contributed by atoms with Crippen LogP contribution in [-0.2, 0) is 22.1 Å². The van der Waals surface area contributed by atoms with Gasteiger partial charge in [-0.2, -0.15) is 17.5 Å². The molecule has 0 saturated carbocycles. The first-order valence-corrected chi connectivity index (χ1v) is 14.3. The fourth-order valence-electron chi connectivity index (χ4n) is 4.18. The van der Waals surface area contributed by atoms with Gasteiger partial charge in [0.15, 0.2) is 0 Å². The predicted octanol–water partition coefficient (Wildman–Crippen LogP) is 9.02. The highest BCUT2D eigenvalue weighted by Gasteiger charge is 2.34. The fourth-order valence-corrected chi connectivity index (χ4v) is 7.55. The number of benzene rings is 2. The van der Waals surface area contributed by atoms with E-state index in [-0.39, 0.29) is 11.1 Å². The van der Waals surface area contributed by atoms with Gasteiger partial charge in [-0.05, 0) is 54.7 Å². The van der Waals surface area contributed by atoms with Gasteiger partial charge in [-0.15, -0.1) is 22.7 Å². The van der Waals surface area contributed by atoms with E-state index < -0.39 is 36.3 Å². The quantitative estimate of drug-likeness (QED) is 0.194. The van der Waals surface area contributed by atoms with E-state index >= 15 is 0 Å². The van der Waals surface area contributed by atoms with Gasteiger partial charge < -0.3 is 9.84 Å². The molecule has 0 radical (unpaired) electrons. The highest BCUT2D eigenvalue weighted by Crippen LogP contribution is 2.47. The van der Waals surface area contributed by atoms with Crippen molar-refractivity contribution in [3.63, 3.8) is 0 Å². The number of ether oxygens (including phenoxy) is 1. The summed E-state index contributed by atoms with van der Waals surface area (Å²) in [6.45, 7) is 3.56. The second-order valence-electron chi connectivity index (χ2n) is 8.95. The molecule has 1 amide bonds. The van der Waals surface area contributed by atoms with Crippen LogP contribution in [0, 0.1) is 6.92 Å². The first-order valence-electron chi connectivity index (χ1n) is 11.9. The Bertz CT molecular complexity index is 1680. The Morgan fingerprint density at radius 3 is 2.38 bits per heavy atom. The number of anilines is 1. The van der Waals surface area contributed by atoms with Gasteiger partial charge >= 0.3 is 18.2 Å². The van der Waals surface area contributed by atoms with Crippen LogP contribution in [0.2, 0.25) is 0 Å². The molecule has 12 heteroatoms. The monoisotopic (exact) mass is 602 g/mol. The van der Waals surface area contributed by atoms with Crippen molar-refractivity contribution in [1.82, 2.24) is 4.37 Å². The van der Waals surface area contributed by atoms with Crippen molar-refractivity contribution >= 4 is 61.4 Å². The van der Waals surface area contributed by atoms with E-state index in [1.165, 1.54) is 46.3 Å². The van der Waals surface area contributed by atoms with E-state index in [4.69, 9.17) is 9.84 Å². The second-order valence-corrected chi connectivity index (χ2v) is 11.9. The summed E-state index contributed by atoms with van der Waals surface area (Å²) < 4.78 is 53.1. The lowest BCUT2D eigenvalue weighted by Crippen LogP contribution is -2.16. The Labute approximate surface area is 238 Å². The number of carbonyl (C=O) groups excluding carboxylic acids is 1. The number of carboxylic acid groups (broad SMARTS) is 1. The number of carboxylic acids is 1. The van der Waals surface area contributed by atoms with E-state index in [1.54, 1.807) is 19.9 Å². The number of halogens is 3. The highest BCUT2D eigenvalue weighted by molar-refractivity contribution is 7.32. The molecular weight excluding hydrogens is 582 g/mol. The molecule has 40 heavy (non-hydrogen) atoms. The standard InChI is InChI=1S/C28H21F3N2O4S3/c1-14-25(32-27(36)37-15(2)17-6-4-3-5-7-17)26(40-33-14)23-13-22-21(39-23)12-20(38-22)18-9-8-16(11-24(34)35)10-19(18)28(29,30)31/h3-10,12-13,15H,11H2,1-2H3,(H,32,36)(H,34,35). The lowest BCUT2D eigenvalue weighted by atomic mass is 10.0. The number of carbonyl (C=O) groups is 2. The molecular formula is C28H21F3N2O4S3. The van der Waals surface area contributed by atoms with Gasteiger partial charge in [0.1, 0.15) is 6.10 Å². The number of aromatic nitrogens is 1. The summed E-state index contributed by atoms with van der Waals surface area (Å²) in [5.41, 5.74) is 1.23. The number of thiophene rings is 2. The van der Waals surface area contributed by atoms with E-state index in [0.717, 1.165) is 30.8 Å². The minimum absolute atomic E-state index is 0.00265. The number of alkyl halides is 3. The molecule has 1 unspecified atom stereocenters. The topological polar surface area (TPSA) is 88.5 Å². The van der Waals surface area contributed by atoms with Crippen LogP contribution < -0.4 is 5.32 Å². The maximum absolute atomic E-state index is 13.9. The molecule has 0 aliphatic carbocycles. The average Bonchev–Trinajstić information content (AvgIpc) is 3.57. The molecule has 5 rings (SSSR count). The van der Waals surface area contributed by atoms with Crippen LogP contribution in [-0.4, -0.2) is 21.5 Å². The Balaban J connectivity index is 1.40. The number of nitrogens with zero attached hydrogens (tertiary/aromatic N) is 1. The lowest BCUT2D eigenvalue weighted by molar-refractivity contribution is -0.138. The normalized spacial score (nSPS) is 12.4. The van der Waals surface area contributed by atoms with Crippen molar-refractivity contribution < 1.29 is 32.6 Å². The predicted molar refractivity (Wildman–Crippen MR) is 152 cm³/mol. The third-order valence-electron chi connectivity index (χ3n) is 6.08. The van der Waals surface area contributed by atoms with Crippen LogP contribution in [0.5, 0.6) is 0 Å². The summed E-state index contributed by atoms with van der Waals surface area (Å²) >= 11 is 3.82. The third-order valence-corrected chi connectivity index (χ3v) is 9.53. The molecule has 2 N–H and O–H groups in total. The van der Waals surface area contributed by atoms with E-state index in [9.17, 15) is 22.8 Å². The van der Waals surface area contributed by atoms with E-state index in [2.05, 4.69) is 9.69 Å². The summed E-state index contributed by atoms with van der Waals surface area (Å²) in [4.78, 5) is 25.6. The molecule has 0 spiro atoms. The molecule has 1 atom stereocenters. The number of aliphatic carboxylic acids is 1. The van der Waals surface area contributed by atoms with Gasteiger partial charge in [-0.1, -0.05) is 42.5 Å². The molecule has 3 heterocycles. The Morgan fingerprint density at radius 1 is 1.02 bits per heavy atom. The largest absolute Gasteiger partial charge is 0.481 e. The molecule has 5 aromatic rings. The van der Waals surface area contributed by atoms with Crippen LogP contribution in [0.15, 0.2) is 60.7 Å². The van der Waals surface area contributed by atoms with E-state index in [0.29, 0.717) is 16.3 Å². The number of rotatable bonds is 7. The van der Waals surface area contributed by atoms with Gasteiger partial charge in [0.2, 0.25) is 0 Å². The molecule has 2 aromatic carbocycles. The second kappa shape index (κ2) is 11.0. The lowest BCUT2D eigenvalue weighted by Gasteiger charge is -2.14. The van der Waals surface area contributed by atoms with Crippen LogP contribution in [0.4, 0.5) is 23.7 Å². The summed E-state index contributed by atoms with van der Waals surface area (Å²) in [5.74, 6) is -1.20. The highest BCUT2D eigenvalue weighted by atomic mass is 32.1. The van der Waals surface area contributed by atoms with Crippen molar-refractivity contribution in [3.05, 3.63) is 83.0 Å². The van der Waals surface area contributed by atoms with Crippen LogP contribution in [0.25, 0.3) is 29.6 Å². The first kappa shape index (κ1) is 27.8. The van der Waals surface area contributed by atoms with Gasteiger partial charge in [0.25, 0.3) is 0 Å². The number of hydrogen-bond donors (Lipinski definition) is 2. The Morgan fingerprint density at radius 2 is 1.70 bits per heavy atom. The van der Waals surface area contributed by atoms with Crippen molar-refractivity contribution in [1.29, 1.82) is 0 Å². The SMILES string of the molecule is Cc1nsc(-c2cc3sc(-c4ccc(CC(=O)O)cc4C(F)(F)F)cc3s2)c1NC(=O)OC(C)c1ccccc1. The van der Waals surface area contributed by atoms with Gasteiger partial charge in [0.05, 0.1) is 33.1 Å². The molecule has 0 bridgehead atoms. The Kier molecular flexibility index (Phi) is 7.67. The van der Waals surface area contributed by atoms with Crippen molar-refractivity contribution in [2.45, 2.75) is 32.5 Å². The number of nitrogens with one attached hydrogen (secondary N) is 1. The molecule has 0 saturated heterocycles. The van der Waals surface area contributed by atoms with Crippen molar-refractivity contribution in [2.24, 2.45) is 0 Å².